The van der Waals surface area contributed by atoms with Gasteiger partial charge in [0.1, 0.15) is 0 Å². The molecule has 0 spiro atoms. The maximum absolute atomic E-state index is 11.1. The number of benzene rings is 1. The topological polar surface area (TPSA) is 54.3 Å². The number of ether oxygens (including phenoxy) is 1. The summed E-state index contributed by atoms with van der Waals surface area (Å²) in [6.45, 7) is 2.16. The molecule has 0 heterocycles. The summed E-state index contributed by atoms with van der Waals surface area (Å²) in [7, 11) is 3.61. The highest BCUT2D eigenvalue weighted by molar-refractivity contribution is 5.87. The van der Waals surface area contributed by atoms with E-state index in [0.717, 1.165) is 11.3 Å². The van der Waals surface area contributed by atoms with Crippen molar-refractivity contribution in [1.82, 2.24) is 5.01 Å². The third-order valence-corrected chi connectivity index (χ3v) is 1.93. The van der Waals surface area contributed by atoms with Crippen molar-refractivity contribution in [3.05, 3.63) is 35.9 Å². The number of hydrogen-bond donors (Lipinski definition) is 0. The van der Waals surface area contributed by atoms with Crippen LogP contribution in [0.4, 0.5) is 5.69 Å². The first kappa shape index (κ1) is 13.9. The molecule has 0 N–H and O–H groups in total. The van der Waals surface area contributed by atoms with Gasteiger partial charge in [0, 0.05) is 20.2 Å². The average molecular weight is 247 g/mol. The Balaban J connectivity index is 2.63. The number of esters is 1. The number of rotatable bonds is 5. The van der Waals surface area contributed by atoms with Gasteiger partial charge in [-0.2, -0.15) is 0 Å². The molecule has 0 radical (unpaired) electrons. The van der Waals surface area contributed by atoms with Crippen molar-refractivity contribution < 1.29 is 9.53 Å². The van der Waals surface area contributed by atoms with Gasteiger partial charge in [0.25, 0.3) is 0 Å². The standard InChI is InChI=1S/C13H17N3O2/c1-4-18-13(17)10-7-11-5-8-12(9-6-11)14-15-16(2)3/h5-10H,4H2,1-3H3. The maximum atomic E-state index is 11.1. The normalized spacial score (nSPS) is 11.1. The van der Waals surface area contributed by atoms with E-state index in [4.69, 9.17) is 4.74 Å². The summed E-state index contributed by atoms with van der Waals surface area (Å²) in [5, 5.41) is 9.52. The van der Waals surface area contributed by atoms with Crippen LogP contribution in [0.3, 0.4) is 0 Å². The van der Waals surface area contributed by atoms with Gasteiger partial charge < -0.3 is 4.74 Å². The van der Waals surface area contributed by atoms with E-state index in [0.29, 0.717) is 6.61 Å². The quantitative estimate of drug-likeness (QED) is 0.348. The summed E-state index contributed by atoms with van der Waals surface area (Å²) in [6, 6.07) is 7.38. The monoisotopic (exact) mass is 247 g/mol. The van der Waals surface area contributed by atoms with Crippen molar-refractivity contribution in [3.63, 3.8) is 0 Å². The van der Waals surface area contributed by atoms with E-state index in [-0.39, 0.29) is 5.97 Å². The largest absolute Gasteiger partial charge is 0.463 e. The molecule has 5 nitrogen and oxygen atoms in total. The fourth-order valence-electron chi connectivity index (χ4n) is 1.15. The molecule has 1 aromatic carbocycles. The predicted octanol–water partition coefficient (Wildman–Crippen LogP) is 2.82. The molecule has 0 atom stereocenters. The summed E-state index contributed by atoms with van der Waals surface area (Å²) in [5.74, 6) is -0.339. The number of carbonyl (C=O) groups excluding carboxylic acids is 1. The first-order valence-electron chi connectivity index (χ1n) is 5.65. The van der Waals surface area contributed by atoms with Crippen LogP contribution in [0, 0.1) is 0 Å². The Hall–Kier alpha value is -2.17. The maximum Gasteiger partial charge on any atom is 0.330 e. The lowest BCUT2D eigenvalue weighted by molar-refractivity contribution is -0.137. The lowest BCUT2D eigenvalue weighted by Crippen LogP contribution is -1.98. The zero-order chi connectivity index (χ0) is 13.4. The first-order valence-corrected chi connectivity index (χ1v) is 5.65. The fourth-order valence-corrected chi connectivity index (χ4v) is 1.15. The Labute approximate surface area is 107 Å². The number of carbonyl (C=O) groups is 1. The van der Waals surface area contributed by atoms with E-state index < -0.39 is 0 Å². The van der Waals surface area contributed by atoms with Gasteiger partial charge in [0.15, 0.2) is 0 Å². The van der Waals surface area contributed by atoms with Crippen LogP contribution in [0.1, 0.15) is 12.5 Å². The molecule has 1 aromatic rings. The number of hydrogen-bond acceptors (Lipinski definition) is 4. The molecule has 5 heteroatoms. The summed E-state index contributed by atoms with van der Waals surface area (Å²) in [4.78, 5) is 11.1. The predicted molar refractivity (Wildman–Crippen MR) is 70.3 cm³/mol. The molecule has 96 valence electrons. The van der Waals surface area contributed by atoms with Crippen LogP contribution in [0.25, 0.3) is 6.08 Å². The van der Waals surface area contributed by atoms with E-state index >= 15 is 0 Å². The SMILES string of the molecule is CCOC(=O)C=Cc1ccc(N=NN(C)C)cc1. The molecule has 0 fully saturated rings. The number of nitrogens with zero attached hydrogens (tertiary/aromatic N) is 3. The Morgan fingerprint density at radius 2 is 2.00 bits per heavy atom. The van der Waals surface area contributed by atoms with E-state index in [1.54, 1.807) is 32.1 Å². The molecular weight excluding hydrogens is 230 g/mol. The van der Waals surface area contributed by atoms with E-state index in [9.17, 15) is 4.79 Å². The molecule has 0 saturated carbocycles. The molecule has 0 aliphatic heterocycles. The van der Waals surface area contributed by atoms with Crippen LogP contribution in [0.15, 0.2) is 40.7 Å². The lowest BCUT2D eigenvalue weighted by atomic mass is 10.2. The van der Waals surface area contributed by atoms with E-state index in [1.807, 2.05) is 24.3 Å². The van der Waals surface area contributed by atoms with Gasteiger partial charge in [-0.05, 0) is 30.7 Å². The minimum absolute atomic E-state index is 0.339. The first-order chi connectivity index (χ1) is 8.61. The summed E-state index contributed by atoms with van der Waals surface area (Å²) < 4.78 is 4.79. The van der Waals surface area contributed by atoms with Crippen molar-refractivity contribution >= 4 is 17.7 Å². The van der Waals surface area contributed by atoms with Crippen LogP contribution < -0.4 is 0 Å². The van der Waals surface area contributed by atoms with Crippen LogP contribution in [0.2, 0.25) is 0 Å². The van der Waals surface area contributed by atoms with Crippen LogP contribution in [-0.4, -0.2) is 31.7 Å². The van der Waals surface area contributed by atoms with Crippen molar-refractivity contribution in [1.29, 1.82) is 0 Å². The minimum Gasteiger partial charge on any atom is -0.463 e. The zero-order valence-electron chi connectivity index (χ0n) is 10.8. The van der Waals surface area contributed by atoms with Gasteiger partial charge in [-0.15, -0.1) is 5.11 Å². The average Bonchev–Trinajstić information content (AvgIpc) is 2.35. The summed E-state index contributed by atoms with van der Waals surface area (Å²) >= 11 is 0. The van der Waals surface area contributed by atoms with Crippen molar-refractivity contribution in [2.75, 3.05) is 20.7 Å². The van der Waals surface area contributed by atoms with Gasteiger partial charge in [0.05, 0.1) is 12.3 Å². The van der Waals surface area contributed by atoms with Crippen LogP contribution in [-0.2, 0) is 9.53 Å². The lowest BCUT2D eigenvalue weighted by Gasteiger charge is -2.00. The molecule has 0 aliphatic rings. The Bertz CT molecular complexity index is 436. The van der Waals surface area contributed by atoms with Gasteiger partial charge in [-0.1, -0.05) is 17.4 Å². The molecule has 0 bridgehead atoms. The minimum atomic E-state index is -0.339. The van der Waals surface area contributed by atoms with Gasteiger partial charge in [-0.3, -0.25) is 5.01 Å². The molecular formula is C13H17N3O2. The molecule has 0 aromatic heterocycles. The molecule has 0 amide bonds. The van der Waals surface area contributed by atoms with Crippen LogP contribution >= 0.6 is 0 Å². The third-order valence-electron chi connectivity index (χ3n) is 1.93. The van der Waals surface area contributed by atoms with Gasteiger partial charge >= 0.3 is 5.97 Å². The second-order valence-electron chi connectivity index (χ2n) is 3.71. The highest BCUT2D eigenvalue weighted by Gasteiger charge is 1.94. The molecule has 18 heavy (non-hydrogen) atoms. The molecule has 0 unspecified atom stereocenters. The zero-order valence-corrected chi connectivity index (χ0v) is 10.8. The van der Waals surface area contributed by atoms with Crippen molar-refractivity contribution in [2.24, 2.45) is 10.3 Å². The second kappa shape index (κ2) is 7.21. The van der Waals surface area contributed by atoms with Gasteiger partial charge in [-0.25, -0.2) is 4.79 Å². The van der Waals surface area contributed by atoms with Gasteiger partial charge in [0.2, 0.25) is 0 Å². The third kappa shape index (κ3) is 5.25. The Morgan fingerprint density at radius 1 is 1.33 bits per heavy atom. The molecule has 0 saturated heterocycles. The van der Waals surface area contributed by atoms with E-state index in [1.165, 1.54) is 6.08 Å². The van der Waals surface area contributed by atoms with Crippen molar-refractivity contribution in [2.45, 2.75) is 6.92 Å². The summed E-state index contributed by atoms with van der Waals surface area (Å²) in [5.41, 5.74) is 1.67. The smallest absolute Gasteiger partial charge is 0.330 e. The molecule has 1 rings (SSSR count). The highest BCUT2D eigenvalue weighted by atomic mass is 16.5. The molecule has 0 aliphatic carbocycles. The van der Waals surface area contributed by atoms with Crippen LogP contribution in [0.5, 0.6) is 0 Å². The fraction of sp³-hybridized carbons (Fsp3) is 0.308. The second-order valence-corrected chi connectivity index (χ2v) is 3.71. The highest BCUT2D eigenvalue weighted by Crippen LogP contribution is 2.14. The summed E-state index contributed by atoms with van der Waals surface area (Å²) in [6.07, 6.45) is 3.10. The van der Waals surface area contributed by atoms with Crippen molar-refractivity contribution in [3.8, 4) is 0 Å². The Morgan fingerprint density at radius 3 is 2.56 bits per heavy atom. The van der Waals surface area contributed by atoms with E-state index in [2.05, 4.69) is 10.3 Å². The Kier molecular flexibility index (Phi) is 5.57.